The second-order valence-corrected chi connectivity index (χ2v) is 8.21. The van der Waals surface area contributed by atoms with E-state index in [-0.39, 0.29) is 10.9 Å². The van der Waals surface area contributed by atoms with Crippen LogP contribution in [0.25, 0.3) is 10.9 Å². The third-order valence-electron chi connectivity index (χ3n) is 4.93. The average molecular weight is 410 g/mol. The minimum Gasteiger partial charge on any atom is -0.477 e. The van der Waals surface area contributed by atoms with Crippen molar-refractivity contribution in [1.82, 2.24) is 9.97 Å². The van der Waals surface area contributed by atoms with Gasteiger partial charge in [-0.05, 0) is 31.9 Å². The maximum absolute atomic E-state index is 11.2. The molecule has 1 saturated carbocycles. The molecule has 7 nitrogen and oxygen atoms in total. The number of carbonyl (C=O) groups is 1. The Balaban J connectivity index is 1.66. The summed E-state index contributed by atoms with van der Waals surface area (Å²) in [6, 6.07) is 10.2. The third kappa shape index (κ3) is 4.71. The molecular weight excluding hydrogens is 386 g/mol. The lowest BCUT2D eigenvalue weighted by Crippen LogP contribution is -2.25. The molecule has 2 aromatic heterocycles. The van der Waals surface area contributed by atoms with Crippen LogP contribution in [0.15, 0.2) is 41.5 Å². The van der Waals surface area contributed by atoms with Gasteiger partial charge >= 0.3 is 5.97 Å². The number of guanidine groups is 1. The molecule has 3 N–H and O–H groups in total. The number of aliphatic imine (C=N–C) groups is 1. The van der Waals surface area contributed by atoms with E-state index in [1.54, 1.807) is 0 Å². The molecular formula is C21H23N5O2S. The number of aryl methyl sites for hydroxylation is 1. The number of carboxylic acid groups (broad SMARTS) is 1. The van der Waals surface area contributed by atoms with Crippen LogP contribution in [0.2, 0.25) is 0 Å². The monoisotopic (exact) mass is 409 g/mol. The van der Waals surface area contributed by atoms with Crippen molar-refractivity contribution in [2.75, 3.05) is 10.6 Å². The summed E-state index contributed by atoms with van der Waals surface area (Å²) >= 11 is 1.09. The van der Waals surface area contributed by atoms with E-state index in [0.29, 0.717) is 11.1 Å². The van der Waals surface area contributed by atoms with Crippen molar-refractivity contribution >= 4 is 45.0 Å². The van der Waals surface area contributed by atoms with Gasteiger partial charge in [-0.2, -0.15) is 0 Å². The van der Waals surface area contributed by atoms with Gasteiger partial charge in [0, 0.05) is 11.1 Å². The van der Waals surface area contributed by atoms with Crippen molar-refractivity contribution < 1.29 is 9.90 Å². The highest BCUT2D eigenvalue weighted by molar-refractivity contribution is 7.17. The molecule has 8 heteroatoms. The molecule has 150 valence electrons. The minimum atomic E-state index is -0.981. The number of hydrogen-bond acceptors (Lipinski definition) is 5. The Kier molecular flexibility index (Phi) is 5.71. The van der Waals surface area contributed by atoms with Gasteiger partial charge in [0.1, 0.15) is 4.88 Å². The molecule has 29 heavy (non-hydrogen) atoms. The topological polar surface area (TPSA) is 99.5 Å². The molecule has 1 fully saturated rings. The molecule has 0 amide bonds. The average Bonchev–Trinajstić information content (AvgIpc) is 3.17. The molecule has 0 atom stereocenters. The predicted octanol–water partition coefficient (Wildman–Crippen LogP) is 4.91. The van der Waals surface area contributed by atoms with Crippen LogP contribution in [0.4, 0.5) is 10.8 Å². The Hall–Kier alpha value is -3.00. The van der Waals surface area contributed by atoms with Crippen molar-refractivity contribution in [3.63, 3.8) is 0 Å². The molecule has 0 aliphatic heterocycles. The molecule has 0 unspecified atom stereocenters. The van der Waals surface area contributed by atoms with E-state index in [4.69, 9.17) is 10.1 Å². The molecule has 3 aromatic rings. The number of rotatable bonds is 4. The van der Waals surface area contributed by atoms with Crippen LogP contribution in [-0.4, -0.2) is 33.0 Å². The lowest BCUT2D eigenvalue weighted by molar-refractivity contribution is 0.0702. The van der Waals surface area contributed by atoms with Crippen molar-refractivity contribution in [1.29, 1.82) is 0 Å². The fourth-order valence-electron chi connectivity index (χ4n) is 3.56. The van der Waals surface area contributed by atoms with Gasteiger partial charge in [-0.3, -0.25) is 4.98 Å². The van der Waals surface area contributed by atoms with Crippen LogP contribution >= 0.6 is 11.3 Å². The van der Waals surface area contributed by atoms with Crippen molar-refractivity contribution in [2.45, 2.75) is 45.1 Å². The standard InChI is InChI=1S/C21H23N5O2S/c1-13-11-17(15-9-5-6-10-16(15)23-13)25-20(24-14-7-3-2-4-8-14)26-21-22-12-18(29-21)19(27)28/h5-6,9-12,14H,2-4,7-8H2,1H3,(H,27,28)(H2,22,23,24,25,26). The van der Waals surface area contributed by atoms with Gasteiger partial charge in [0.15, 0.2) is 5.13 Å². The number of hydrogen-bond donors (Lipinski definition) is 3. The first-order valence-corrected chi connectivity index (χ1v) is 10.6. The van der Waals surface area contributed by atoms with Gasteiger partial charge in [-0.1, -0.05) is 48.8 Å². The maximum Gasteiger partial charge on any atom is 0.347 e. The third-order valence-corrected chi connectivity index (χ3v) is 5.83. The number of carboxylic acids is 1. The second-order valence-electron chi connectivity index (χ2n) is 7.18. The summed E-state index contributed by atoms with van der Waals surface area (Å²) in [5, 5.41) is 17.3. The molecule has 0 radical (unpaired) electrons. The van der Waals surface area contributed by atoms with Crippen molar-refractivity contribution in [2.24, 2.45) is 4.99 Å². The number of anilines is 2. The number of para-hydroxylation sites is 1. The first-order chi connectivity index (χ1) is 14.1. The SMILES string of the molecule is Cc1cc(NC(=NC2CCCCC2)Nc2ncc(C(=O)O)s2)c2ccccc2n1. The number of pyridine rings is 1. The van der Waals surface area contributed by atoms with Crippen LogP contribution in [0, 0.1) is 6.92 Å². The summed E-state index contributed by atoms with van der Waals surface area (Å²) in [6.07, 6.45) is 7.09. The Morgan fingerprint density at radius 3 is 2.76 bits per heavy atom. The molecule has 1 aromatic carbocycles. The van der Waals surface area contributed by atoms with Gasteiger partial charge in [-0.25, -0.2) is 14.8 Å². The summed E-state index contributed by atoms with van der Waals surface area (Å²) in [6.45, 7) is 1.96. The van der Waals surface area contributed by atoms with Crippen LogP contribution in [0.1, 0.15) is 47.5 Å². The van der Waals surface area contributed by atoms with Crippen LogP contribution in [-0.2, 0) is 0 Å². The van der Waals surface area contributed by atoms with E-state index in [1.165, 1.54) is 25.5 Å². The van der Waals surface area contributed by atoms with Gasteiger partial charge in [0.2, 0.25) is 5.96 Å². The Morgan fingerprint density at radius 1 is 1.21 bits per heavy atom. The molecule has 1 aliphatic carbocycles. The number of benzene rings is 1. The largest absolute Gasteiger partial charge is 0.477 e. The molecule has 4 rings (SSSR count). The zero-order valence-electron chi connectivity index (χ0n) is 16.2. The van der Waals surface area contributed by atoms with Crippen LogP contribution in [0.5, 0.6) is 0 Å². The normalized spacial score (nSPS) is 15.4. The Labute approximate surface area is 172 Å². The predicted molar refractivity (Wildman–Crippen MR) is 117 cm³/mol. The number of fused-ring (bicyclic) bond motifs is 1. The van der Waals surface area contributed by atoms with Crippen molar-refractivity contribution in [3.05, 3.63) is 47.1 Å². The Morgan fingerprint density at radius 2 is 2.00 bits per heavy atom. The maximum atomic E-state index is 11.2. The molecule has 2 heterocycles. The molecule has 0 bridgehead atoms. The van der Waals surface area contributed by atoms with E-state index in [1.807, 2.05) is 37.3 Å². The van der Waals surface area contributed by atoms with Gasteiger partial charge in [-0.15, -0.1) is 0 Å². The zero-order valence-corrected chi connectivity index (χ0v) is 17.0. The lowest BCUT2D eigenvalue weighted by atomic mass is 9.96. The summed E-state index contributed by atoms with van der Waals surface area (Å²) in [5.74, 6) is -0.399. The lowest BCUT2D eigenvalue weighted by Gasteiger charge is -2.20. The van der Waals surface area contributed by atoms with Gasteiger partial charge < -0.3 is 15.7 Å². The number of nitrogens with one attached hydrogen (secondary N) is 2. The molecule has 0 spiro atoms. The molecule has 0 saturated heterocycles. The summed E-state index contributed by atoms with van der Waals surface area (Å²) in [4.78, 5) is 25.1. The summed E-state index contributed by atoms with van der Waals surface area (Å²) in [7, 11) is 0. The number of aromatic carboxylic acids is 1. The van der Waals surface area contributed by atoms with E-state index in [2.05, 4.69) is 20.6 Å². The first kappa shape index (κ1) is 19.3. The van der Waals surface area contributed by atoms with Gasteiger partial charge in [0.25, 0.3) is 0 Å². The van der Waals surface area contributed by atoms with E-state index in [9.17, 15) is 4.79 Å². The van der Waals surface area contributed by atoms with Crippen molar-refractivity contribution in [3.8, 4) is 0 Å². The summed E-state index contributed by atoms with van der Waals surface area (Å²) in [5.41, 5.74) is 2.73. The summed E-state index contributed by atoms with van der Waals surface area (Å²) < 4.78 is 0. The van der Waals surface area contributed by atoms with Crippen LogP contribution < -0.4 is 10.6 Å². The highest BCUT2D eigenvalue weighted by Gasteiger charge is 2.16. The number of thiazole rings is 1. The van der Waals surface area contributed by atoms with Gasteiger partial charge in [0.05, 0.1) is 23.4 Å². The number of aromatic nitrogens is 2. The minimum absolute atomic E-state index is 0.190. The first-order valence-electron chi connectivity index (χ1n) is 9.76. The quantitative estimate of drug-likeness (QED) is 0.418. The fraction of sp³-hybridized carbons (Fsp3) is 0.333. The van der Waals surface area contributed by atoms with Crippen LogP contribution in [0.3, 0.4) is 0 Å². The molecule has 1 aliphatic rings. The van der Waals surface area contributed by atoms with E-state index in [0.717, 1.165) is 46.5 Å². The van der Waals surface area contributed by atoms with E-state index < -0.39 is 5.97 Å². The highest BCUT2D eigenvalue weighted by Crippen LogP contribution is 2.25. The highest BCUT2D eigenvalue weighted by atomic mass is 32.1. The smallest absolute Gasteiger partial charge is 0.347 e. The Bertz CT molecular complexity index is 1060. The zero-order chi connectivity index (χ0) is 20.2. The second kappa shape index (κ2) is 8.57. The fourth-order valence-corrected chi connectivity index (χ4v) is 4.21. The number of nitrogens with zero attached hydrogens (tertiary/aromatic N) is 3. The van der Waals surface area contributed by atoms with E-state index >= 15 is 0 Å².